The maximum absolute atomic E-state index is 11.7. The number of nitrogens with one attached hydrogen (secondary N) is 1. The third-order valence-electron chi connectivity index (χ3n) is 3.17. The van der Waals surface area contributed by atoms with Gasteiger partial charge in [-0.1, -0.05) is 12.1 Å². The Morgan fingerprint density at radius 3 is 2.95 bits per heavy atom. The molecule has 6 nitrogen and oxygen atoms in total. The lowest BCUT2D eigenvalue weighted by molar-refractivity contribution is -0.134. The van der Waals surface area contributed by atoms with Crippen molar-refractivity contribution < 1.29 is 23.8 Å². The van der Waals surface area contributed by atoms with Crippen molar-refractivity contribution in [1.29, 1.82) is 0 Å². The van der Waals surface area contributed by atoms with E-state index in [2.05, 4.69) is 10.1 Å². The quantitative estimate of drug-likeness (QED) is 0.470. The third kappa shape index (κ3) is 4.80. The van der Waals surface area contributed by atoms with Gasteiger partial charge in [0, 0.05) is 19.0 Å². The molecule has 1 aromatic rings. The number of fused-ring (bicyclic) bond motifs is 1. The number of aryl methyl sites for hydroxylation is 1. The number of carbonyl (C=O) groups excluding carboxylic acids is 2. The maximum Gasteiger partial charge on any atom is 0.330 e. The van der Waals surface area contributed by atoms with Gasteiger partial charge < -0.3 is 19.5 Å². The van der Waals surface area contributed by atoms with Crippen molar-refractivity contribution in [3.05, 3.63) is 35.9 Å². The summed E-state index contributed by atoms with van der Waals surface area (Å²) in [6.07, 6.45) is 4.65. The van der Waals surface area contributed by atoms with Gasteiger partial charge in [-0.05, 0) is 30.5 Å². The van der Waals surface area contributed by atoms with Crippen molar-refractivity contribution in [1.82, 2.24) is 5.32 Å². The molecular formula is C16H19NO5. The summed E-state index contributed by atoms with van der Waals surface area (Å²) in [5.41, 5.74) is 1.03. The van der Waals surface area contributed by atoms with Gasteiger partial charge in [0.2, 0.25) is 12.7 Å². The van der Waals surface area contributed by atoms with E-state index in [1.165, 1.54) is 13.2 Å². The van der Waals surface area contributed by atoms with Gasteiger partial charge in [-0.25, -0.2) is 4.79 Å². The van der Waals surface area contributed by atoms with Crippen LogP contribution in [-0.2, 0) is 20.7 Å². The predicted octanol–water partition coefficient (Wildman–Crippen LogP) is 1.58. The van der Waals surface area contributed by atoms with Gasteiger partial charge in [-0.2, -0.15) is 0 Å². The monoisotopic (exact) mass is 305 g/mol. The van der Waals surface area contributed by atoms with E-state index < -0.39 is 5.97 Å². The van der Waals surface area contributed by atoms with Crippen LogP contribution >= 0.6 is 0 Å². The Labute approximate surface area is 129 Å². The largest absolute Gasteiger partial charge is 0.466 e. The zero-order chi connectivity index (χ0) is 15.8. The topological polar surface area (TPSA) is 73.9 Å². The number of amides is 1. The van der Waals surface area contributed by atoms with Gasteiger partial charge in [0.1, 0.15) is 0 Å². The number of benzene rings is 1. The lowest BCUT2D eigenvalue weighted by atomic mass is 10.1. The summed E-state index contributed by atoms with van der Waals surface area (Å²) in [6.45, 7) is 0.742. The van der Waals surface area contributed by atoms with Crippen molar-refractivity contribution in [2.24, 2.45) is 0 Å². The third-order valence-corrected chi connectivity index (χ3v) is 3.17. The summed E-state index contributed by atoms with van der Waals surface area (Å²) >= 11 is 0. The number of hydrogen-bond donors (Lipinski definition) is 1. The standard InChI is InChI=1S/C16H19NO5/c1-20-16(19)4-2-3-9-17-15(18)8-6-12-5-7-13-14(10-12)22-11-21-13/h2,4-5,7,10H,3,6,8-9,11H2,1H3,(H,17,18)/b4-2+. The highest BCUT2D eigenvalue weighted by atomic mass is 16.7. The van der Waals surface area contributed by atoms with Crippen LogP contribution in [0.3, 0.4) is 0 Å². The molecule has 118 valence electrons. The number of methoxy groups -OCH3 is 1. The maximum atomic E-state index is 11.7. The molecule has 0 bridgehead atoms. The molecule has 1 heterocycles. The zero-order valence-corrected chi connectivity index (χ0v) is 12.5. The van der Waals surface area contributed by atoms with E-state index in [1.807, 2.05) is 18.2 Å². The summed E-state index contributed by atoms with van der Waals surface area (Å²) in [4.78, 5) is 22.6. The SMILES string of the molecule is COC(=O)/C=C/CCNC(=O)CCc1ccc2c(c1)OCO2. The van der Waals surface area contributed by atoms with E-state index in [-0.39, 0.29) is 12.7 Å². The van der Waals surface area contributed by atoms with Gasteiger partial charge in [0.05, 0.1) is 7.11 Å². The average Bonchev–Trinajstić information content (AvgIpc) is 2.99. The van der Waals surface area contributed by atoms with Crippen LogP contribution in [0.25, 0.3) is 0 Å². The van der Waals surface area contributed by atoms with E-state index in [9.17, 15) is 9.59 Å². The summed E-state index contributed by atoms with van der Waals surface area (Å²) in [5.74, 6) is 1.05. The molecule has 0 aliphatic carbocycles. The molecule has 1 aromatic carbocycles. The fraction of sp³-hybridized carbons (Fsp3) is 0.375. The van der Waals surface area contributed by atoms with Crippen molar-refractivity contribution in [2.75, 3.05) is 20.4 Å². The molecular weight excluding hydrogens is 286 g/mol. The molecule has 1 N–H and O–H groups in total. The van der Waals surface area contributed by atoms with Crippen LogP contribution in [0.5, 0.6) is 11.5 Å². The molecule has 0 radical (unpaired) electrons. The molecule has 0 atom stereocenters. The minimum absolute atomic E-state index is 0.0239. The molecule has 22 heavy (non-hydrogen) atoms. The van der Waals surface area contributed by atoms with Crippen LogP contribution in [-0.4, -0.2) is 32.3 Å². The molecule has 2 rings (SSSR count). The van der Waals surface area contributed by atoms with E-state index >= 15 is 0 Å². The first kappa shape index (κ1) is 15.9. The summed E-state index contributed by atoms with van der Waals surface area (Å²) in [6, 6.07) is 5.68. The Bertz CT molecular complexity index is 568. The van der Waals surface area contributed by atoms with Gasteiger partial charge in [0.15, 0.2) is 11.5 Å². The van der Waals surface area contributed by atoms with Crippen molar-refractivity contribution in [3.8, 4) is 11.5 Å². The van der Waals surface area contributed by atoms with Crippen molar-refractivity contribution >= 4 is 11.9 Å². The second kappa shape index (κ2) is 8.07. The molecule has 1 aliphatic heterocycles. The van der Waals surface area contributed by atoms with E-state index in [0.29, 0.717) is 25.8 Å². The van der Waals surface area contributed by atoms with Crippen LogP contribution in [0, 0.1) is 0 Å². The number of carbonyl (C=O) groups is 2. The molecule has 6 heteroatoms. The Kier molecular flexibility index (Phi) is 5.82. The first-order valence-electron chi connectivity index (χ1n) is 7.09. The molecule has 0 spiro atoms. The van der Waals surface area contributed by atoms with Crippen LogP contribution in [0.2, 0.25) is 0 Å². The predicted molar refractivity (Wildman–Crippen MR) is 79.7 cm³/mol. The van der Waals surface area contributed by atoms with E-state index in [1.54, 1.807) is 6.08 Å². The summed E-state index contributed by atoms with van der Waals surface area (Å²) in [5, 5.41) is 2.80. The lowest BCUT2D eigenvalue weighted by Gasteiger charge is -2.04. The van der Waals surface area contributed by atoms with Crippen LogP contribution in [0.4, 0.5) is 0 Å². The molecule has 0 fully saturated rings. The normalized spacial score (nSPS) is 12.4. The highest BCUT2D eigenvalue weighted by molar-refractivity contribution is 5.81. The first-order valence-corrected chi connectivity index (χ1v) is 7.09. The molecule has 0 unspecified atom stereocenters. The number of rotatable bonds is 7. The van der Waals surface area contributed by atoms with Crippen molar-refractivity contribution in [2.45, 2.75) is 19.3 Å². The lowest BCUT2D eigenvalue weighted by Crippen LogP contribution is -2.24. The zero-order valence-electron chi connectivity index (χ0n) is 12.5. The van der Waals surface area contributed by atoms with Gasteiger partial charge >= 0.3 is 5.97 Å². The van der Waals surface area contributed by atoms with Gasteiger partial charge in [-0.15, -0.1) is 0 Å². The van der Waals surface area contributed by atoms with E-state index in [0.717, 1.165) is 17.1 Å². The van der Waals surface area contributed by atoms with Crippen LogP contribution in [0.1, 0.15) is 18.4 Å². The fourth-order valence-electron chi connectivity index (χ4n) is 1.99. The molecule has 1 aliphatic rings. The molecule has 1 amide bonds. The van der Waals surface area contributed by atoms with Crippen LogP contribution < -0.4 is 14.8 Å². The molecule has 0 aromatic heterocycles. The second-order valence-corrected chi connectivity index (χ2v) is 4.75. The fourth-order valence-corrected chi connectivity index (χ4v) is 1.99. The first-order chi connectivity index (χ1) is 10.7. The van der Waals surface area contributed by atoms with Crippen LogP contribution in [0.15, 0.2) is 30.4 Å². The number of hydrogen-bond acceptors (Lipinski definition) is 5. The minimum Gasteiger partial charge on any atom is -0.466 e. The molecule has 0 saturated carbocycles. The van der Waals surface area contributed by atoms with Gasteiger partial charge in [0.25, 0.3) is 0 Å². The Balaban J connectivity index is 1.65. The minimum atomic E-state index is -0.394. The van der Waals surface area contributed by atoms with E-state index in [4.69, 9.17) is 9.47 Å². The molecule has 0 saturated heterocycles. The van der Waals surface area contributed by atoms with Gasteiger partial charge in [-0.3, -0.25) is 4.79 Å². The summed E-state index contributed by atoms with van der Waals surface area (Å²) < 4.78 is 15.0. The Morgan fingerprint density at radius 1 is 1.32 bits per heavy atom. The Hall–Kier alpha value is -2.50. The highest BCUT2D eigenvalue weighted by Gasteiger charge is 2.13. The Morgan fingerprint density at radius 2 is 2.14 bits per heavy atom. The second-order valence-electron chi connectivity index (χ2n) is 4.75. The smallest absolute Gasteiger partial charge is 0.330 e. The number of esters is 1. The summed E-state index contributed by atoms with van der Waals surface area (Å²) in [7, 11) is 1.32. The average molecular weight is 305 g/mol. The van der Waals surface area contributed by atoms with Crippen molar-refractivity contribution in [3.63, 3.8) is 0 Å². The number of ether oxygens (including phenoxy) is 3. The highest BCUT2D eigenvalue weighted by Crippen LogP contribution is 2.32.